The van der Waals surface area contributed by atoms with E-state index in [4.69, 9.17) is 9.26 Å². The fraction of sp³-hybridized carbons (Fsp3) is 0.467. The molecule has 23 heavy (non-hydrogen) atoms. The lowest BCUT2D eigenvalue weighted by molar-refractivity contribution is -0.140. The zero-order chi connectivity index (χ0) is 16.2. The number of nitrogens with zero attached hydrogens (tertiary/aromatic N) is 4. The first kappa shape index (κ1) is 15.4. The Balaban J connectivity index is 1.75. The second-order valence-corrected chi connectivity index (χ2v) is 5.37. The van der Waals surface area contributed by atoms with E-state index in [1.54, 1.807) is 23.2 Å². The fourth-order valence-corrected chi connectivity index (χ4v) is 2.50. The van der Waals surface area contributed by atoms with E-state index in [0.717, 1.165) is 12.8 Å². The van der Waals surface area contributed by atoms with Crippen LogP contribution < -0.4 is 4.74 Å². The molecule has 1 N–H and O–H groups in total. The third-order valence-electron chi connectivity index (χ3n) is 3.75. The number of pyridine rings is 1. The highest BCUT2D eigenvalue weighted by atomic mass is 16.5. The van der Waals surface area contributed by atoms with Crippen LogP contribution in [0.2, 0.25) is 0 Å². The second-order valence-electron chi connectivity index (χ2n) is 5.37. The maximum Gasteiger partial charge on any atom is 0.251 e. The number of aromatic nitrogens is 3. The third kappa shape index (κ3) is 3.48. The van der Waals surface area contributed by atoms with Gasteiger partial charge in [-0.3, -0.25) is 4.79 Å². The number of hydrogen-bond donors (Lipinski definition) is 1. The number of carbonyl (C=O) groups is 1. The average molecular weight is 318 g/mol. The molecule has 2 aromatic rings. The van der Waals surface area contributed by atoms with Gasteiger partial charge in [-0.15, -0.1) is 0 Å². The van der Waals surface area contributed by atoms with Crippen molar-refractivity contribution in [3.05, 3.63) is 24.2 Å². The first-order valence-electron chi connectivity index (χ1n) is 7.47. The molecule has 0 spiro atoms. The molecule has 1 fully saturated rings. The molecule has 122 valence electrons. The molecular weight excluding hydrogens is 300 g/mol. The smallest absolute Gasteiger partial charge is 0.251 e. The summed E-state index contributed by atoms with van der Waals surface area (Å²) in [4.78, 5) is 22.0. The minimum atomic E-state index is -0.940. The number of methoxy groups -OCH3 is 1. The molecule has 0 bridgehead atoms. The van der Waals surface area contributed by atoms with Crippen LogP contribution in [0.5, 0.6) is 5.88 Å². The highest BCUT2D eigenvalue weighted by Gasteiger charge is 2.26. The number of amides is 1. The number of hydrogen-bond acceptors (Lipinski definition) is 7. The molecular formula is C15H18N4O4. The van der Waals surface area contributed by atoms with Crippen LogP contribution in [0, 0.1) is 0 Å². The van der Waals surface area contributed by atoms with Crippen molar-refractivity contribution in [2.24, 2.45) is 0 Å². The molecule has 3 heterocycles. The average Bonchev–Trinajstić information content (AvgIpc) is 2.99. The van der Waals surface area contributed by atoms with Crippen LogP contribution in [-0.4, -0.2) is 50.8 Å². The predicted molar refractivity (Wildman–Crippen MR) is 79.4 cm³/mol. The van der Waals surface area contributed by atoms with Gasteiger partial charge in [0.05, 0.1) is 7.11 Å². The predicted octanol–water partition coefficient (Wildman–Crippen LogP) is 1.01. The maximum absolute atomic E-state index is 12.1. The summed E-state index contributed by atoms with van der Waals surface area (Å²) < 4.78 is 10.3. The Hall–Kier alpha value is -2.48. The molecule has 1 saturated heterocycles. The zero-order valence-electron chi connectivity index (χ0n) is 12.8. The Labute approximate surface area is 133 Å². The van der Waals surface area contributed by atoms with Gasteiger partial charge in [-0.05, 0) is 25.3 Å². The van der Waals surface area contributed by atoms with E-state index in [1.165, 1.54) is 7.11 Å². The van der Waals surface area contributed by atoms with Gasteiger partial charge >= 0.3 is 0 Å². The van der Waals surface area contributed by atoms with Gasteiger partial charge in [-0.25, -0.2) is 4.98 Å². The Morgan fingerprint density at radius 2 is 2.35 bits per heavy atom. The largest absolute Gasteiger partial charge is 0.481 e. The molecule has 8 heteroatoms. The van der Waals surface area contributed by atoms with Crippen molar-refractivity contribution in [2.45, 2.75) is 31.9 Å². The maximum atomic E-state index is 12.1. The van der Waals surface area contributed by atoms with E-state index >= 15 is 0 Å². The Bertz CT molecular complexity index is 688. The monoisotopic (exact) mass is 318 g/mol. The van der Waals surface area contributed by atoms with Gasteiger partial charge in [0.1, 0.15) is 12.6 Å². The SMILES string of the molecule is COc1cc(-c2noc(CN3CCCCC(O)C3=O)n2)ccn1. The van der Waals surface area contributed by atoms with E-state index in [0.29, 0.717) is 36.1 Å². The lowest BCUT2D eigenvalue weighted by Gasteiger charge is -2.19. The van der Waals surface area contributed by atoms with E-state index in [-0.39, 0.29) is 12.5 Å². The summed E-state index contributed by atoms with van der Waals surface area (Å²) in [7, 11) is 1.53. The topological polar surface area (TPSA) is 102 Å². The van der Waals surface area contributed by atoms with Crippen molar-refractivity contribution in [1.82, 2.24) is 20.0 Å². The number of aliphatic hydroxyl groups excluding tert-OH is 1. The summed E-state index contributed by atoms with van der Waals surface area (Å²) >= 11 is 0. The fourth-order valence-electron chi connectivity index (χ4n) is 2.50. The standard InChI is InChI=1S/C15H18N4O4/c1-22-12-8-10(5-6-16-12)14-17-13(23-18-14)9-19-7-3-2-4-11(20)15(19)21/h5-6,8,11,20H,2-4,7,9H2,1H3. The summed E-state index contributed by atoms with van der Waals surface area (Å²) in [6, 6.07) is 3.45. The number of carbonyl (C=O) groups excluding carboxylic acids is 1. The van der Waals surface area contributed by atoms with Crippen molar-refractivity contribution in [2.75, 3.05) is 13.7 Å². The lowest BCUT2D eigenvalue weighted by Crippen LogP contribution is -2.37. The second kappa shape index (κ2) is 6.74. The first-order valence-corrected chi connectivity index (χ1v) is 7.47. The molecule has 0 saturated carbocycles. The molecule has 8 nitrogen and oxygen atoms in total. The van der Waals surface area contributed by atoms with Crippen LogP contribution in [0.25, 0.3) is 11.4 Å². The van der Waals surface area contributed by atoms with Gasteiger partial charge in [0.25, 0.3) is 5.91 Å². The highest BCUT2D eigenvalue weighted by Crippen LogP contribution is 2.20. The molecule has 0 aromatic carbocycles. The van der Waals surface area contributed by atoms with Crippen molar-refractivity contribution >= 4 is 5.91 Å². The molecule has 1 atom stereocenters. The minimum absolute atomic E-state index is 0.200. The van der Waals surface area contributed by atoms with Gasteiger partial charge in [0, 0.05) is 24.4 Å². The molecule has 1 amide bonds. The minimum Gasteiger partial charge on any atom is -0.481 e. The summed E-state index contributed by atoms with van der Waals surface area (Å²) in [6.45, 7) is 0.780. The van der Waals surface area contributed by atoms with E-state index < -0.39 is 6.10 Å². The van der Waals surface area contributed by atoms with Crippen LogP contribution in [0.1, 0.15) is 25.2 Å². The molecule has 1 aliphatic rings. The normalized spacial score (nSPS) is 18.8. The van der Waals surface area contributed by atoms with Crippen molar-refractivity contribution < 1.29 is 19.2 Å². The summed E-state index contributed by atoms with van der Waals surface area (Å²) in [5.41, 5.74) is 0.717. The van der Waals surface area contributed by atoms with E-state index in [1.807, 2.05) is 0 Å². The zero-order valence-corrected chi connectivity index (χ0v) is 12.8. The molecule has 1 unspecified atom stereocenters. The summed E-state index contributed by atoms with van der Waals surface area (Å²) in [5, 5.41) is 13.7. The van der Waals surface area contributed by atoms with Crippen molar-refractivity contribution in [1.29, 1.82) is 0 Å². The van der Waals surface area contributed by atoms with Crippen LogP contribution in [-0.2, 0) is 11.3 Å². The molecule has 1 aliphatic heterocycles. The molecule has 3 rings (SSSR count). The quantitative estimate of drug-likeness (QED) is 0.897. The highest BCUT2D eigenvalue weighted by molar-refractivity contribution is 5.80. The Kier molecular flexibility index (Phi) is 4.52. The van der Waals surface area contributed by atoms with Gasteiger partial charge < -0.3 is 19.3 Å². The number of aliphatic hydroxyl groups is 1. The van der Waals surface area contributed by atoms with Crippen molar-refractivity contribution in [3.8, 4) is 17.3 Å². The number of rotatable bonds is 4. The van der Waals surface area contributed by atoms with Crippen LogP contribution in [0.15, 0.2) is 22.9 Å². The first-order chi connectivity index (χ1) is 11.2. The van der Waals surface area contributed by atoms with Gasteiger partial charge in [-0.1, -0.05) is 5.16 Å². The number of ether oxygens (including phenoxy) is 1. The lowest BCUT2D eigenvalue weighted by atomic mass is 10.2. The summed E-state index contributed by atoms with van der Waals surface area (Å²) in [6.07, 6.45) is 2.84. The Morgan fingerprint density at radius 3 is 3.17 bits per heavy atom. The number of likely N-dealkylation sites (tertiary alicyclic amines) is 1. The van der Waals surface area contributed by atoms with Gasteiger partial charge in [0.2, 0.25) is 17.6 Å². The third-order valence-corrected chi connectivity index (χ3v) is 3.75. The Morgan fingerprint density at radius 1 is 1.48 bits per heavy atom. The molecule has 2 aromatic heterocycles. The summed E-state index contributed by atoms with van der Waals surface area (Å²) in [5.74, 6) is 0.911. The van der Waals surface area contributed by atoms with Crippen LogP contribution in [0.3, 0.4) is 0 Å². The van der Waals surface area contributed by atoms with Crippen LogP contribution >= 0.6 is 0 Å². The van der Waals surface area contributed by atoms with Gasteiger partial charge in [-0.2, -0.15) is 4.98 Å². The van der Waals surface area contributed by atoms with Gasteiger partial charge in [0.15, 0.2) is 0 Å². The van der Waals surface area contributed by atoms with Crippen molar-refractivity contribution in [3.63, 3.8) is 0 Å². The van der Waals surface area contributed by atoms with E-state index in [2.05, 4.69) is 15.1 Å². The van der Waals surface area contributed by atoms with E-state index in [9.17, 15) is 9.90 Å². The van der Waals surface area contributed by atoms with Crippen LogP contribution in [0.4, 0.5) is 0 Å². The molecule has 0 radical (unpaired) electrons. The molecule has 0 aliphatic carbocycles.